The Bertz CT molecular complexity index is 1030. The molecule has 0 aliphatic heterocycles. The molecular weight excluding hydrogens is 340 g/mol. The van der Waals surface area contributed by atoms with Gasteiger partial charge >= 0.3 is 0 Å². The van der Waals surface area contributed by atoms with E-state index in [1.54, 1.807) is 13.4 Å². The number of fused-ring (bicyclic) bond motifs is 1. The average Bonchev–Trinajstić information content (AvgIpc) is 3.35. The van der Waals surface area contributed by atoms with Crippen molar-refractivity contribution in [3.05, 3.63) is 78.5 Å². The van der Waals surface area contributed by atoms with E-state index in [-0.39, 0.29) is 0 Å². The third-order valence-corrected chi connectivity index (χ3v) is 4.27. The Hall–Kier alpha value is -3.47. The summed E-state index contributed by atoms with van der Waals surface area (Å²) in [5.41, 5.74) is 2.04. The van der Waals surface area contributed by atoms with Gasteiger partial charge in [0.1, 0.15) is 29.7 Å². The SMILES string of the molecule is COc1ccc(OCCn2c(/C=C/c3ccco3)nc3ccccc32)cc1. The molecule has 2 aromatic heterocycles. The van der Waals surface area contributed by atoms with Gasteiger partial charge < -0.3 is 18.5 Å². The lowest BCUT2D eigenvalue weighted by molar-refractivity contribution is 0.299. The molecule has 4 rings (SSSR count). The third-order valence-electron chi connectivity index (χ3n) is 4.27. The second-order valence-corrected chi connectivity index (χ2v) is 5.98. The van der Waals surface area contributed by atoms with E-state index < -0.39 is 0 Å². The number of benzene rings is 2. The lowest BCUT2D eigenvalue weighted by Crippen LogP contribution is -2.09. The topological polar surface area (TPSA) is 49.4 Å². The van der Waals surface area contributed by atoms with Crippen molar-refractivity contribution in [3.8, 4) is 11.5 Å². The van der Waals surface area contributed by atoms with E-state index in [9.17, 15) is 0 Å². The molecule has 0 aliphatic carbocycles. The number of para-hydroxylation sites is 2. The second-order valence-electron chi connectivity index (χ2n) is 5.98. The maximum atomic E-state index is 5.89. The number of aromatic nitrogens is 2. The van der Waals surface area contributed by atoms with Crippen molar-refractivity contribution in [3.63, 3.8) is 0 Å². The van der Waals surface area contributed by atoms with Crippen molar-refractivity contribution in [2.45, 2.75) is 6.54 Å². The number of ether oxygens (including phenoxy) is 2. The third kappa shape index (κ3) is 3.87. The first-order chi connectivity index (χ1) is 13.3. The van der Waals surface area contributed by atoms with Gasteiger partial charge in [0.2, 0.25) is 0 Å². The standard InChI is InChI=1S/C22H20N2O3/c1-25-17-8-10-19(11-9-17)27-16-14-24-21-7-3-2-6-20(21)23-22(24)13-12-18-5-4-15-26-18/h2-13,15H,14,16H2,1H3/b13-12+. The van der Waals surface area contributed by atoms with Crippen molar-refractivity contribution in [2.24, 2.45) is 0 Å². The molecule has 0 saturated heterocycles. The molecule has 0 N–H and O–H groups in total. The first-order valence-corrected chi connectivity index (χ1v) is 8.77. The minimum Gasteiger partial charge on any atom is -0.497 e. The molecule has 0 spiro atoms. The quantitative estimate of drug-likeness (QED) is 0.471. The number of hydrogen-bond donors (Lipinski definition) is 0. The van der Waals surface area contributed by atoms with Gasteiger partial charge in [-0.2, -0.15) is 0 Å². The molecule has 2 aromatic carbocycles. The van der Waals surface area contributed by atoms with Crippen LogP contribution >= 0.6 is 0 Å². The zero-order valence-electron chi connectivity index (χ0n) is 15.0. The van der Waals surface area contributed by atoms with Crippen molar-refractivity contribution in [1.82, 2.24) is 9.55 Å². The van der Waals surface area contributed by atoms with Crippen LogP contribution in [-0.2, 0) is 6.54 Å². The normalized spacial score (nSPS) is 11.3. The Balaban J connectivity index is 1.53. The molecular formula is C22H20N2O3. The summed E-state index contributed by atoms with van der Waals surface area (Å²) in [4.78, 5) is 4.72. The van der Waals surface area contributed by atoms with Crippen LogP contribution in [-0.4, -0.2) is 23.3 Å². The Morgan fingerprint density at radius 2 is 1.78 bits per heavy atom. The van der Waals surface area contributed by atoms with Gasteiger partial charge in [0.25, 0.3) is 0 Å². The van der Waals surface area contributed by atoms with Gasteiger partial charge in [0, 0.05) is 0 Å². The van der Waals surface area contributed by atoms with E-state index in [4.69, 9.17) is 18.9 Å². The van der Waals surface area contributed by atoms with E-state index in [0.717, 1.165) is 34.1 Å². The van der Waals surface area contributed by atoms with Crippen molar-refractivity contribution in [2.75, 3.05) is 13.7 Å². The zero-order valence-corrected chi connectivity index (χ0v) is 15.0. The predicted octanol–water partition coefficient (Wildman–Crippen LogP) is 4.89. The van der Waals surface area contributed by atoms with E-state index in [1.165, 1.54) is 0 Å². The van der Waals surface area contributed by atoms with Crippen LogP contribution in [0.4, 0.5) is 0 Å². The van der Waals surface area contributed by atoms with Gasteiger partial charge in [0.05, 0.1) is 31.0 Å². The summed E-state index contributed by atoms with van der Waals surface area (Å²) < 4.78 is 18.6. The Kier molecular flexibility index (Phi) is 4.92. The van der Waals surface area contributed by atoms with Gasteiger partial charge in [-0.1, -0.05) is 12.1 Å². The first kappa shape index (κ1) is 17.0. The molecule has 0 bridgehead atoms. The Morgan fingerprint density at radius 3 is 2.56 bits per heavy atom. The molecule has 0 amide bonds. The first-order valence-electron chi connectivity index (χ1n) is 8.77. The molecule has 0 radical (unpaired) electrons. The highest BCUT2D eigenvalue weighted by Gasteiger charge is 2.08. The summed E-state index contributed by atoms with van der Waals surface area (Å²) >= 11 is 0. The smallest absolute Gasteiger partial charge is 0.134 e. The zero-order chi connectivity index (χ0) is 18.5. The molecule has 0 fully saturated rings. The van der Waals surface area contributed by atoms with Gasteiger partial charge in [-0.15, -0.1) is 0 Å². The summed E-state index contributed by atoms with van der Waals surface area (Å²) in [6.45, 7) is 1.22. The van der Waals surface area contributed by atoms with Crippen molar-refractivity contribution >= 4 is 23.2 Å². The van der Waals surface area contributed by atoms with E-state index >= 15 is 0 Å². The van der Waals surface area contributed by atoms with Gasteiger partial charge in [-0.25, -0.2) is 4.98 Å². The predicted molar refractivity (Wildman–Crippen MR) is 106 cm³/mol. The molecule has 136 valence electrons. The highest BCUT2D eigenvalue weighted by atomic mass is 16.5. The highest BCUT2D eigenvalue weighted by Crippen LogP contribution is 2.20. The van der Waals surface area contributed by atoms with Gasteiger partial charge in [0.15, 0.2) is 0 Å². The second kappa shape index (κ2) is 7.83. The monoisotopic (exact) mass is 360 g/mol. The van der Waals surface area contributed by atoms with E-state index in [1.807, 2.05) is 66.7 Å². The molecule has 0 atom stereocenters. The molecule has 5 nitrogen and oxygen atoms in total. The number of methoxy groups -OCH3 is 1. The summed E-state index contributed by atoms with van der Waals surface area (Å²) in [7, 11) is 1.65. The molecule has 2 heterocycles. The summed E-state index contributed by atoms with van der Waals surface area (Å²) in [6.07, 6.45) is 5.54. The molecule has 0 saturated carbocycles. The fourth-order valence-corrected chi connectivity index (χ4v) is 2.93. The maximum absolute atomic E-state index is 5.89. The maximum Gasteiger partial charge on any atom is 0.134 e. The van der Waals surface area contributed by atoms with E-state index in [2.05, 4.69) is 10.6 Å². The molecule has 4 aromatic rings. The number of nitrogens with zero attached hydrogens (tertiary/aromatic N) is 2. The molecule has 5 heteroatoms. The minimum absolute atomic E-state index is 0.536. The summed E-state index contributed by atoms with van der Waals surface area (Å²) in [5, 5.41) is 0. The van der Waals surface area contributed by atoms with Crippen molar-refractivity contribution in [1.29, 1.82) is 0 Å². The molecule has 0 aliphatic rings. The average molecular weight is 360 g/mol. The number of furan rings is 1. The highest BCUT2D eigenvalue weighted by molar-refractivity contribution is 5.79. The lowest BCUT2D eigenvalue weighted by atomic mass is 10.3. The fraction of sp³-hybridized carbons (Fsp3) is 0.136. The Labute approximate surface area is 157 Å². The number of rotatable bonds is 7. The van der Waals surface area contributed by atoms with Crippen LogP contribution in [0.25, 0.3) is 23.2 Å². The van der Waals surface area contributed by atoms with Gasteiger partial charge in [-0.05, 0) is 60.7 Å². The van der Waals surface area contributed by atoms with Crippen molar-refractivity contribution < 1.29 is 13.9 Å². The van der Waals surface area contributed by atoms with Crippen LogP contribution in [0.5, 0.6) is 11.5 Å². The van der Waals surface area contributed by atoms with E-state index in [0.29, 0.717) is 13.2 Å². The molecule has 0 unspecified atom stereocenters. The minimum atomic E-state index is 0.536. The number of hydrogen-bond acceptors (Lipinski definition) is 4. The fourth-order valence-electron chi connectivity index (χ4n) is 2.93. The van der Waals surface area contributed by atoms with Crippen LogP contribution in [0.15, 0.2) is 71.3 Å². The van der Waals surface area contributed by atoms with Crippen LogP contribution in [0, 0.1) is 0 Å². The summed E-state index contributed by atoms with van der Waals surface area (Å²) in [5.74, 6) is 3.29. The lowest BCUT2D eigenvalue weighted by Gasteiger charge is -2.10. The number of imidazole rings is 1. The van der Waals surface area contributed by atoms with Crippen LogP contribution < -0.4 is 9.47 Å². The van der Waals surface area contributed by atoms with Crippen LogP contribution in [0.2, 0.25) is 0 Å². The van der Waals surface area contributed by atoms with Crippen LogP contribution in [0.1, 0.15) is 11.6 Å². The molecule has 27 heavy (non-hydrogen) atoms. The van der Waals surface area contributed by atoms with Crippen LogP contribution in [0.3, 0.4) is 0 Å². The van der Waals surface area contributed by atoms with Gasteiger partial charge in [-0.3, -0.25) is 0 Å². The largest absolute Gasteiger partial charge is 0.497 e. The summed E-state index contributed by atoms with van der Waals surface area (Å²) in [6, 6.07) is 19.5. The Morgan fingerprint density at radius 1 is 0.963 bits per heavy atom.